The number of aliphatic hydroxyl groups excluding tert-OH is 1. The first-order chi connectivity index (χ1) is 6.72. The predicted octanol–water partition coefficient (Wildman–Crippen LogP) is 0.650. The van der Waals surface area contributed by atoms with Crippen molar-refractivity contribution in [3.63, 3.8) is 0 Å². The summed E-state index contributed by atoms with van der Waals surface area (Å²) in [6.07, 6.45) is 0.0459. The molecule has 0 saturated carbocycles. The standard InChI is InChI=1S/C11H24N2O2/c1-8(9(2)14)12-7-6-10(15)13-11(3,4)5/h8-9,12,14H,6-7H2,1-5H3,(H,13,15). The third kappa shape index (κ3) is 8.39. The zero-order valence-corrected chi connectivity index (χ0v) is 10.4. The highest BCUT2D eigenvalue weighted by Crippen LogP contribution is 1.99. The summed E-state index contributed by atoms with van der Waals surface area (Å²) in [5.41, 5.74) is -0.174. The zero-order chi connectivity index (χ0) is 12.1. The van der Waals surface area contributed by atoms with Crippen LogP contribution in [0, 0.1) is 0 Å². The van der Waals surface area contributed by atoms with Crippen molar-refractivity contribution in [3.05, 3.63) is 0 Å². The highest BCUT2D eigenvalue weighted by molar-refractivity contribution is 5.76. The Bertz CT molecular complexity index is 197. The fourth-order valence-corrected chi connectivity index (χ4v) is 1.06. The van der Waals surface area contributed by atoms with Crippen LogP contribution >= 0.6 is 0 Å². The lowest BCUT2D eigenvalue weighted by molar-refractivity contribution is -0.122. The Morgan fingerprint density at radius 1 is 1.33 bits per heavy atom. The molecule has 4 nitrogen and oxygen atoms in total. The first kappa shape index (κ1) is 14.4. The van der Waals surface area contributed by atoms with Crippen molar-refractivity contribution < 1.29 is 9.90 Å². The van der Waals surface area contributed by atoms with E-state index in [1.165, 1.54) is 0 Å². The second-order valence-electron chi connectivity index (χ2n) is 5.03. The molecule has 2 unspecified atom stereocenters. The van der Waals surface area contributed by atoms with Gasteiger partial charge in [0.15, 0.2) is 0 Å². The lowest BCUT2D eigenvalue weighted by atomic mass is 10.1. The quantitative estimate of drug-likeness (QED) is 0.632. The molecule has 0 aliphatic carbocycles. The van der Waals surface area contributed by atoms with Crippen LogP contribution in [-0.4, -0.2) is 35.2 Å². The average molecular weight is 216 g/mol. The average Bonchev–Trinajstić information content (AvgIpc) is 2.00. The summed E-state index contributed by atoms with van der Waals surface area (Å²) in [6, 6.07) is 0.0208. The highest BCUT2D eigenvalue weighted by Gasteiger charge is 2.14. The summed E-state index contributed by atoms with van der Waals surface area (Å²) >= 11 is 0. The molecule has 0 bridgehead atoms. The van der Waals surface area contributed by atoms with Gasteiger partial charge in [-0.25, -0.2) is 0 Å². The molecular weight excluding hydrogens is 192 g/mol. The lowest BCUT2D eigenvalue weighted by Crippen LogP contribution is -2.43. The van der Waals surface area contributed by atoms with Gasteiger partial charge in [0.25, 0.3) is 0 Å². The van der Waals surface area contributed by atoms with Crippen LogP contribution in [0.3, 0.4) is 0 Å². The maximum atomic E-state index is 11.4. The molecule has 0 radical (unpaired) electrons. The van der Waals surface area contributed by atoms with Gasteiger partial charge in [-0.3, -0.25) is 4.79 Å². The minimum Gasteiger partial charge on any atom is -0.392 e. The van der Waals surface area contributed by atoms with Crippen LogP contribution in [0.5, 0.6) is 0 Å². The topological polar surface area (TPSA) is 61.4 Å². The van der Waals surface area contributed by atoms with E-state index in [9.17, 15) is 9.90 Å². The molecular formula is C11H24N2O2. The summed E-state index contributed by atoms with van der Waals surface area (Å²) in [7, 11) is 0. The second kappa shape index (κ2) is 6.08. The maximum Gasteiger partial charge on any atom is 0.221 e. The van der Waals surface area contributed by atoms with Crippen LogP contribution in [0.2, 0.25) is 0 Å². The summed E-state index contributed by atoms with van der Waals surface area (Å²) in [5.74, 6) is 0.0350. The first-order valence-electron chi connectivity index (χ1n) is 5.45. The molecule has 3 N–H and O–H groups in total. The molecule has 1 amide bonds. The Morgan fingerprint density at radius 2 is 1.87 bits per heavy atom. The highest BCUT2D eigenvalue weighted by atomic mass is 16.3. The van der Waals surface area contributed by atoms with E-state index in [2.05, 4.69) is 10.6 Å². The molecule has 0 rings (SSSR count). The zero-order valence-electron chi connectivity index (χ0n) is 10.4. The van der Waals surface area contributed by atoms with Gasteiger partial charge in [-0.1, -0.05) is 0 Å². The molecule has 0 aromatic heterocycles. The predicted molar refractivity (Wildman–Crippen MR) is 61.7 cm³/mol. The van der Waals surface area contributed by atoms with E-state index in [1.807, 2.05) is 27.7 Å². The minimum atomic E-state index is -0.393. The van der Waals surface area contributed by atoms with Crippen LogP contribution in [-0.2, 0) is 4.79 Å². The molecule has 2 atom stereocenters. The normalized spacial score (nSPS) is 15.9. The molecule has 0 aromatic rings. The number of carbonyl (C=O) groups excluding carboxylic acids is 1. The van der Waals surface area contributed by atoms with Gasteiger partial charge in [0, 0.05) is 24.5 Å². The molecule has 0 saturated heterocycles. The third-order valence-corrected chi connectivity index (χ3v) is 2.06. The largest absolute Gasteiger partial charge is 0.392 e. The number of rotatable bonds is 5. The first-order valence-corrected chi connectivity index (χ1v) is 5.45. The van der Waals surface area contributed by atoms with Gasteiger partial charge < -0.3 is 15.7 Å². The van der Waals surface area contributed by atoms with E-state index in [0.717, 1.165) is 0 Å². The van der Waals surface area contributed by atoms with E-state index in [-0.39, 0.29) is 17.5 Å². The van der Waals surface area contributed by atoms with Gasteiger partial charge >= 0.3 is 0 Å². The van der Waals surface area contributed by atoms with Gasteiger partial charge in [-0.15, -0.1) is 0 Å². The summed E-state index contributed by atoms with van der Waals surface area (Å²) in [6.45, 7) is 10.1. The van der Waals surface area contributed by atoms with Gasteiger partial charge in [-0.2, -0.15) is 0 Å². The van der Waals surface area contributed by atoms with Crippen molar-refractivity contribution in [2.24, 2.45) is 0 Å². The Morgan fingerprint density at radius 3 is 2.27 bits per heavy atom. The van der Waals surface area contributed by atoms with Crippen molar-refractivity contribution >= 4 is 5.91 Å². The summed E-state index contributed by atoms with van der Waals surface area (Å²) in [4.78, 5) is 11.4. The minimum absolute atomic E-state index is 0.0208. The third-order valence-electron chi connectivity index (χ3n) is 2.06. The van der Waals surface area contributed by atoms with Gasteiger partial charge in [0.2, 0.25) is 5.91 Å². The molecule has 90 valence electrons. The maximum absolute atomic E-state index is 11.4. The molecule has 0 aliphatic heterocycles. The Balaban J connectivity index is 3.65. The number of nitrogens with one attached hydrogen (secondary N) is 2. The Hall–Kier alpha value is -0.610. The van der Waals surface area contributed by atoms with E-state index >= 15 is 0 Å². The SMILES string of the molecule is CC(O)C(C)NCCC(=O)NC(C)(C)C. The van der Waals surface area contributed by atoms with E-state index in [4.69, 9.17) is 0 Å². The lowest BCUT2D eigenvalue weighted by Gasteiger charge is -2.21. The van der Waals surface area contributed by atoms with Gasteiger partial charge in [0.05, 0.1) is 6.10 Å². The summed E-state index contributed by atoms with van der Waals surface area (Å²) in [5, 5.41) is 15.2. The molecule has 0 spiro atoms. The van der Waals surface area contributed by atoms with Crippen LogP contribution in [0.25, 0.3) is 0 Å². The van der Waals surface area contributed by atoms with Crippen LogP contribution < -0.4 is 10.6 Å². The number of aliphatic hydroxyl groups is 1. The van der Waals surface area contributed by atoms with Gasteiger partial charge in [-0.05, 0) is 34.6 Å². The molecule has 0 aliphatic rings. The van der Waals surface area contributed by atoms with Crippen LogP contribution in [0.1, 0.15) is 41.0 Å². The number of amides is 1. The van der Waals surface area contributed by atoms with Crippen molar-refractivity contribution in [1.29, 1.82) is 0 Å². The molecule has 4 heteroatoms. The molecule has 0 aromatic carbocycles. The number of hydrogen-bond donors (Lipinski definition) is 3. The fraction of sp³-hybridized carbons (Fsp3) is 0.909. The van der Waals surface area contributed by atoms with Crippen LogP contribution in [0.4, 0.5) is 0 Å². The van der Waals surface area contributed by atoms with Crippen molar-refractivity contribution in [2.75, 3.05) is 6.54 Å². The molecule has 0 fully saturated rings. The molecule has 0 heterocycles. The van der Waals surface area contributed by atoms with E-state index in [1.54, 1.807) is 6.92 Å². The Labute approximate surface area is 92.4 Å². The monoisotopic (exact) mass is 216 g/mol. The van der Waals surface area contributed by atoms with E-state index in [0.29, 0.717) is 13.0 Å². The van der Waals surface area contributed by atoms with Crippen molar-refractivity contribution in [3.8, 4) is 0 Å². The number of hydrogen-bond acceptors (Lipinski definition) is 3. The number of carbonyl (C=O) groups is 1. The van der Waals surface area contributed by atoms with Crippen LogP contribution in [0.15, 0.2) is 0 Å². The van der Waals surface area contributed by atoms with Crippen molar-refractivity contribution in [1.82, 2.24) is 10.6 Å². The second-order valence-corrected chi connectivity index (χ2v) is 5.03. The van der Waals surface area contributed by atoms with E-state index < -0.39 is 6.10 Å². The van der Waals surface area contributed by atoms with Crippen molar-refractivity contribution in [2.45, 2.75) is 58.7 Å². The Kier molecular flexibility index (Phi) is 5.83. The molecule has 15 heavy (non-hydrogen) atoms. The fourth-order valence-electron chi connectivity index (χ4n) is 1.06. The smallest absolute Gasteiger partial charge is 0.221 e. The summed E-state index contributed by atoms with van der Waals surface area (Å²) < 4.78 is 0. The van der Waals surface area contributed by atoms with Gasteiger partial charge in [0.1, 0.15) is 0 Å².